The summed E-state index contributed by atoms with van der Waals surface area (Å²) in [5.74, 6) is -10.2. The van der Waals surface area contributed by atoms with Crippen LogP contribution in [0.3, 0.4) is 0 Å². The number of carbonyl (C=O) groups excluding carboxylic acids is 12. The van der Waals surface area contributed by atoms with Crippen molar-refractivity contribution in [2.75, 3.05) is 69.5 Å². The molecule has 24 nitrogen and oxygen atoms in total. The molecular formula is C62H109N11O13. The molecule has 2 heterocycles. The molecule has 12 atom stereocenters. The van der Waals surface area contributed by atoms with Crippen LogP contribution in [0.5, 0.6) is 0 Å². The highest BCUT2D eigenvalue weighted by Crippen LogP contribution is 2.28. The summed E-state index contributed by atoms with van der Waals surface area (Å²) in [5, 5.41) is 8.40. The van der Waals surface area contributed by atoms with Crippen LogP contribution in [0, 0.1) is 47.3 Å². The lowest BCUT2D eigenvalue weighted by atomic mass is 9.92. The number of amides is 11. The highest BCUT2D eigenvalue weighted by molar-refractivity contribution is 5.99. The lowest BCUT2D eigenvalue weighted by Crippen LogP contribution is -2.65. The average molecular weight is 1220 g/mol. The van der Waals surface area contributed by atoms with Crippen LogP contribution < -0.4 is 16.0 Å². The molecule has 2 aliphatic rings. The zero-order valence-electron chi connectivity index (χ0n) is 56.4. The van der Waals surface area contributed by atoms with Gasteiger partial charge in [0.2, 0.25) is 59.1 Å². The number of carbonyl (C=O) groups is 12. The number of nitrogens with zero attached hydrogens (tertiary/aromatic N) is 8. The minimum Gasteiger partial charge on any atom is -0.443 e. The normalized spacial score (nSPS) is 28.7. The van der Waals surface area contributed by atoms with E-state index < -0.39 is 162 Å². The van der Waals surface area contributed by atoms with Crippen molar-refractivity contribution < 1.29 is 62.3 Å². The van der Waals surface area contributed by atoms with Crippen LogP contribution in [-0.4, -0.2) is 240 Å². The van der Waals surface area contributed by atoms with Gasteiger partial charge in [-0.1, -0.05) is 104 Å². The molecule has 86 heavy (non-hydrogen) atoms. The van der Waals surface area contributed by atoms with Gasteiger partial charge in [0, 0.05) is 81.2 Å². The van der Waals surface area contributed by atoms with Gasteiger partial charge in [-0.2, -0.15) is 0 Å². The van der Waals surface area contributed by atoms with Crippen molar-refractivity contribution in [3.63, 3.8) is 0 Å². The highest BCUT2D eigenvalue weighted by Gasteiger charge is 2.48. The molecule has 11 amide bonds. The molecule has 2 saturated heterocycles. The third-order valence-electron chi connectivity index (χ3n) is 16.7. The molecule has 0 aromatic heterocycles. The first-order valence-corrected chi connectivity index (χ1v) is 30.8. The molecule has 2 fully saturated rings. The minimum atomic E-state index is -1.56. The first-order chi connectivity index (χ1) is 39.6. The van der Waals surface area contributed by atoms with Gasteiger partial charge in [-0.3, -0.25) is 52.7 Å². The maximum Gasteiger partial charge on any atom is 0.409 e. The second-order valence-electron chi connectivity index (χ2n) is 26.9. The molecule has 0 aliphatic carbocycles. The maximum absolute atomic E-state index is 15.3. The fraction of sp³-hybridized carbons (Fsp3) is 0.806. The lowest BCUT2D eigenvalue weighted by Gasteiger charge is -2.44. The Kier molecular flexibility index (Phi) is 29.2. The number of rotatable bonds is 12. The first kappa shape index (κ1) is 75.7. The van der Waals surface area contributed by atoms with Gasteiger partial charge in [-0.15, -0.1) is 0 Å². The summed E-state index contributed by atoms with van der Waals surface area (Å²) in [4.78, 5) is 184. The summed E-state index contributed by atoms with van der Waals surface area (Å²) in [6.07, 6.45) is -1.67. The summed E-state index contributed by atoms with van der Waals surface area (Å²) in [5.41, 5.74) is 0. The van der Waals surface area contributed by atoms with E-state index in [0.29, 0.717) is 0 Å². The predicted molar refractivity (Wildman–Crippen MR) is 327 cm³/mol. The smallest absolute Gasteiger partial charge is 0.409 e. The largest absolute Gasteiger partial charge is 0.443 e. The zero-order chi connectivity index (χ0) is 66.4. The van der Waals surface area contributed by atoms with Crippen molar-refractivity contribution in [3.05, 3.63) is 0 Å². The molecule has 0 aromatic carbocycles. The fourth-order valence-corrected chi connectivity index (χ4v) is 11.4. The van der Waals surface area contributed by atoms with Crippen LogP contribution in [-0.2, 0) is 57.5 Å². The Morgan fingerprint density at radius 3 is 1.37 bits per heavy atom. The van der Waals surface area contributed by atoms with Gasteiger partial charge in [0.05, 0.1) is 12.6 Å². The number of ether oxygens (including phenoxy) is 1. The van der Waals surface area contributed by atoms with Gasteiger partial charge in [-0.25, -0.2) is 4.79 Å². The number of nitrogens with one attached hydrogen (secondary N) is 3. The summed E-state index contributed by atoms with van der Waals surface area (Å²) in [6, 6.07) is -10.9. The van der Waals surface area contributed by atoms with E-state index in [-0.39, 0.29) is 68.7 Å². The molecule has 490 valence electrons. The number of cyclic esters (lactones) is 1. The van der Waals surface area contributed by atoms with Gasteiger partial charge in [-0.05, 0) is 74.5 Å². The number of Topliss-reactive ketones (excluding diaryl/α,β-unsaturated/α-hetero) is 1. The molecule has 3 N–H and O–H groups in total. The Balaban J connectivity index is 2.98. The number of hydrogen-bond donors (Lipinski definition) is 3. The molecule has 0 saturated carbocycles. The van der Waals surface area contributed by atoms with Gasteiger partial charge >= 0.3 is 6.09 Å². The second kappa shape index (κ2) is 33.1. The molecule has 24 heteroatoms. The Morgan fingerprint density at radius 2 is 0.907 bits per heavy atom. The molecule has 2 aliphatic heterocycles. The van der Waals surface area contributed by atoms with Crippen LogP contribution >= 0.6 is 0 Å². The molecule has 0 unspecified atom stereocenters. The Labute approximate surface area is 513 Å². The first-order valence-electron chi connectivity index (χ1n) is 30.8. The van der Waals surface area contributed by atoms with Gasteiger partial charge in [0.1, 0.15) is 54.4 Å². The van der Waals surface area contributed by atoms with E-state index in [1.807, 2.05) is 55.4 Å². The van der Waals surface area contributed by atoms with E-state index in [0.717, 1.165) is 9.80 Å². The number of hydrogen-bond acceptors (Lipinski definition) is 13. The van der Waals surface area contributed by atoms with E-state index >= 15 is 14.4 Å². The van der Waals surface area contributed by atoms with E-state index in [2.05, 4.69) is 16.0 Å². The minimum absolute atomic E-state index is 0.0106. The maximum atomic E-state index is 15.3. The van der Waals surface area contributed by atoms with Gasteiger partial charge < -0.3 is 59.9 Å². The van der Waals surface area contributed by atoms with Crippen molar-refractivity contribution in [2.45, 2.75) is 210 Å². The standard InChI is InChI=1S/C62H109N11O13/c1-25-42-57(80)66(17)32-48(75)68(19)43(26-33(2)3)54(77)65-49(37(10)11)60(83)69(20)44(27-34(4)5)53(76)63-41(16)47(74)30-39(14)56(79)70(21)45(28-35(6)7)58(81)71(22)46(29-36(8)9)59(82)72(23)50(38(12)13)61(84)73(24)51(55(78)64-42)52-40(15)31-67(18)62(85)86-52/h33-46,49-52H,25-32H2,1-24H3,(H,63,76)(H,64,78)(H,65,77)/t39-,40-,41-,42-,43+,44-,45-,46-,49-,50-,51-,52-/m1/s1. The Bertz CT molecular complexity index is 2420. The SMILES string of the molecule is CC[C@H]1NC(=O)[C@@H]([C@@H]2OC(=O)N(C)C[C@H]2C)N(C)C(=O)[C@@H](C(C)C)N(C)C(=O)[C@@H](CC(C)C)N(C)C(=O)[C@@H](CC(C)C)N(C)C(=O)[C@H](C)CC(=O)[C@@H](C)NC(=O)[C@@H](CC(C)C)N(C)C(=O)[C@@H](C(C)C)NC(=O)[C@H](CC(C)C)N(C)C(=O)CN(C)C1=O. The van der Waals surface area contributed by atoms with Crippen LogP contribution in [0.4, 0.5) is 4.79 Å². The number of likely N-dealkylation sites (N-methyl/N-ethyl adjacent to an activating group) is 7. The van der Waals surface area contributed by atoms with Crippen molar-refractivity contribution in [1.29, 1.82) is 0 Å². The highest BCUT2D eigenvalue weighted by atomic mass is 16.6. The zero-order valence-corrected chi connectivity index (χ0v) is 56.4. The van der Waals surface area contributed by atoms with Crippen molar-refractivity contribution in [3.8, 4) is 0 Å². The lowest BCUT2D eigenvalue weighted by molar-refractivity contribution is -0.158. The Morgan fingerprint density at radius 1 is 0.465 bits per heavy atom. The molecule has 0 aromatic rings. The Hall–Kier alpha value is -6.36. The molecule has 0 bridgehead atoms. The second-order valence-corrected chi connectivity index (χ2v) is 26.9. The molecule has 0 radical (unpaired) electrons. The third-order valence-corrected chi connectivity index (χ3v) is 16.7. The van der Waals surface area contributed by atoms with E-state index in [4.69, 9.17) is 4.74 Å². The molecule has 2 rings (SSSR count). The van der Waals surface area contributed by atoms with Crippen molar-refractivity contribution in [2.24, 2.45) is 47.3 Å². The van der Waals surface area contributed by atoms with Crippen LogP contribution in [0.15, 0.2) is 0 Å². The summed E-state index contributed by atoms with van der Waals surface area (Å²) >= 11 is 0. The summed E-state index contributed by atoms with van der Waals surface area (Å²) in [6.45, 7) is 27.9. The third kappa shape index (κ3) is 19.8. The van der Waals surface area contributed by atoms with Crippen molar-refractivity contribution >= 4 is 70.9 Å². The predicted octanol–water partition coefficient (Wildman–Crippen LogP) is 3.48. The number of ketones is 1. The van der Waals surface area contributed by atoms with Gasteiger partial charge in [0.15, 0.2) is 5.78 Å². The monoisotopic (exact) mass is 1220 g/mol. The summed E-state index contributed by atoms with van der Waals surface area (Å²) in [7, 11) is 11.5. The fourth-order valence-electron chi connectivity index (χ4n) is 11.4. The van der Waals surface area contributed by atoms with Crippen LogP contribution in [0.1, 0.15) is 149 Å². The van der Waals surface area contributed by atoms with Crippen LogP contribution in [0.25, 0.3) is 0 Å². The quantitative estimate of drug-likeness (QED) is 0.253. The van der Waals surface area contributed by atoms with E-state index in [9.17, 15) is 43.2 Å². The average Bonchev–Trinajstić information content (AvgIpc) is 2.44. The van der Waals surface area contributed by atoms with E-state index in [1.54, 1.807) is 48.5 Å². The van der Waals surface area contributed by atoms with Crippen LogP contribution in [0.2, 0.25) is 0 Å². The topological polar surface area (TPSA) is 276 Å². The molecular weight excluding hydrogens is 1110 g/mol. The summed E-state index contributed by atoms with van der Waals surface area (Å²) < 4.78 is 5.89. The van der Waals surface area contributed by atoms with E-state index in [1.165, 1.54) is 92.7 Å². The van der Waals surface area contributed by atoms with Crippen molar-refractivity contribution in [1.82, 2.24) is 55.1 Å². The van der Waals surface area contributed by atoms with Gasteiger partial charge in [0.25, 0.3) is 0 Å². The molecule has 0 spiro atoms.